The summed E-state index contributed by atoms with van der Waals surface area (Å²) in [5.41, 5.74) is 2.98. The third-order valence-corrected chi connectivity index (χ3v) is 5.33. The highest BCUT2D eigenvalue weighted by molar-refractivity contribution is 6.44. The zero-order valence-corrected chi connectivity index (χ0v) is 16.9. The largest absolute Gasteiger partial charge is 0.379 e. The maximum absolute atomic E-state index is 12.7. The molecule has 2 aromatic carbocycles. The average molecular weight is 406 g/mol. The summed E-state index contributed by atoms with van der Waals surface area (Å²) in [6.45, 7) is 4.59. The number of ether oxygens (including phenoxy) is 1. The Morgan fingerprint density at radius 2 is 1.73 bits per heavy atom. The molecule has 0 unspecified atom stereocenters. The van der Waals surface area contributed by atoms with Crippen molar-refractivity contribution in [1.82, 2.24) is 4.90 Å². The number of rotatable bonds is 6. The summed E-state index contributed by atoms with van der Waals surface area (Å²) < 4.78 is 5.38. The number of amides is 2. The van der Waals surface area contributed by atoms with Crippen molar-refractivity contribution in [3.05, 3.63) is 60.2 Å². The number of carbonyl (C=O) groups is 2. The minimum absolute atomic E-state index is 0.109. The Kier molecular flexibility index (Phi) is 6.51. The van der Waals surface area contributed by atoms with Crippen LogP contribution in [-0.4, -0.2) is 55.3 Å². The molecule has 0 saturated carbocycles. The molecule has 0 bridgehead atoms. The quantitative estimate of drug-likeness (QED) is 0.801. The average Bonchev–Trinajstić information content (AvgIpc) is 2.80. The summed E-state index contributed by atoms with van der Waals surface area (Å²) in [6, 6.07) is 17.1. The Bertz CT molecular complexity index is 906. The Morgan fingerprint density at radius 3 is 2.47 bits per heavy atom. The molecule has 4 rings (SSSR count). The second kappa shape index (κ2) is 9.65. The van der Waals surface area contributed by atoms with Gasteiger partial charge < -0.3 is 10.1 Å². The van der Waals surface area contributed by atoms with E-state index in [0.29, 0.717) is 17.8 Å². The molecule has 0 radical (unpaired) electrons. The number of hydrogen-bond donors (Lipinski definition) is 1. The first-order chi connectivity index (χ1) is 14.7. The number of hydrogen-bond acceptors (Lipinski definition) is 5. The maximum Gasteiger partial charge on any atom is 0.271 e. The first-order valence-corrected chi connectivity index (χ1v) is 10.3. The smallest absolute Gasteiger partial charge is 0.271 e. The van der Waals surface area contributed by atoms with Gasteiger partial charge in [0.05, 0.1) is 18.9 Å². The van der Waals surface area contributed by atoms with Gasteiger partial charge in [0.1, 0.15) is 5.71 Å². The van der Waals surface area contributed by atoms with Crippen LogP contribution in [0.3, 0.4) is 0 Å². The lowest BCUT2D eigenvalue weighted by molar-refractivity contribution is -0.118. The number of benzene rings is 2. The predicted molar refractivity (Wildman–Crippen MR) is 117 cm³/mol. The van der Waals surface area contributed by atoms with Crippen LogP contribution in [0.5, 0.6) is 0 Å². The fourth-order valence-electron chi connectivity index (χ4n) is 3.56. The minimum Gasteiger partial charge on any atom is -0.379 e. The molecule has 0 aliphatic carbocycles. The number of para-hydroxylation sites is 1. The molecular weight excluding hydrogens is 380 g/mol. The predicted octanol–water partition coefficient (Wildman–Crippen LogP) is 2.68. The van der Waals surface area contributed by atoms with E-state index in [1.807, 2.05) is 42.5 Å². The van der Waals surface area contributed by atoms with Gasteiger partial charge in [-0.1, -0.05) is 30.3 Å². The normalized spacial score (nSPS) is 17.5. The third-order valence-electron chi connectivity index (χ3n) is 5.33. The van der Waals surface area contributed by atoms with Crippen LogP contribution < -0.4 is 10.3 Å². The zero-order chi connectivity index (χ0) is 20.8. The lowest BCUT2D eigenvalue weighted by Crippen LogP contribution is -2.37. The topological polar surface area (TPSA) is 74.2 Å². The summed E-state index contributed by atoms with van der Waals surface area (Å²) in [6.07, 6.45) is 1.57. The van der Waals surface area contributed by atoms with Crippen molar-refractivity contribution in [2.45, 2.75) is 19.3 Å². The highest BCUT2D eigenvalue weighted by Gasteiger charge is 2.25. The first kappa shape index (κ1) is 20.3. The van der Waals surface area contributed by atoms with Gasteiger partial charge in [0.25, 0.3) is 5.91 Å². The van der Waals surface area contributed by atoms with Crippen molar-refractivity contribution < 1.29 is 14.3 Å². The molecule has 2 aliphatic heterocycles. The second-order valence-electron chi connectivity index (χ2n) is 7.44. The molecular formula is C23H26N4O3. The standard InChI is InChI=1S/C23H26N4O3/c28-22-11-10-21(25-27(22)20-4-2-1-3-5-20)23(29)24-19-8-6-18(7-9-19)12-13-26-14-16-30-17-15-26/h1-9H,10-17H2,(H,24,29). The number of nitrogens with zero attached hydrogens (tertiary/aromatic N) is 3. The molecule has 2 aromatic rings. The van der Waals surface area contributed by atoms with Gasteiger partial charge in [0, 0.05) is 38.2 Å². The molecule has 2 heterocycles. The lowest BCUT2D eigenvalue weighted by atomic mass is 10.1. The van der Waals surface area contributed by atoms with Gasteiger partial charge in [-0.3, -0.25) is 14.5 Å². The van der Waals surface area contributed by atoms with Gasteiger partial charge in [0.15, 0.2) is 0 Å². The van der Waals surface area contributed by atoms with E-state index in [9.17, 15) is 9.59 Å². The molecule has 2 amide bonds. The number of carbonyl (C=O) groups excluding carboxylic acids is 2. The summed E-state index contributed by atoms with van der Waals surface area (Å²) in [7, 11) is 0. The third kappa shape index (κ3) is 5.11. The van der Waals surface area contributed by atoms with E-state index in [0.717, 1.165) is 45.0 Å². The number of hydrazone groups is 1. The fraction of sp³-hybridized carbons (Fsp3) is 0.348. The van der Waals surface area contributed by atoms with E-state index >= 15 is 0 Å². The highest BCUT2D eigenvalue weighted by atomic mass is 16.5. The van der Waals surface area contributed by atoms with Crippen LogP contribution in [0.1, 0.15) is 18.4 Å². The molecule has 1 saturated heterocycles. The van der Waals surface area contributed by atoms with Gasteiger partial charge in [-0.25, -0.2) is 5.01 Å². The van der Waals surface area contributed by atoms with E-state index < -0.39 is 0 Å². The molecule has 2 aliphatic rings. The van der Waals surface area contributed by atoms with E-state index in [1.54, 1.807) is 12.1 Å². The molecule has 0 spiro atoms. The van der Waals surface area contributed by atoms with Crippen molar-refractivity contribution >= 4 is 28.9 Å². The lowest BCUT2D eigenvalue weighted by Gasteiger charge is -2.26. The van der Waals surface area contributed by atoms with Crippen molar-refractivity contribution in [3.63, 3.8) is 0 Å². The second-order valence-corrected chi connectivity index (χ2v) is 7.44. The summed E-state index contributed by atoms with van der Waals surface area (Å²) >= 11 is 0. The SMILES string of the molecule is O=C(Nc1ccc(CCN2CCOCC2)cc1)C1=NN(c2ccccc2)C(=O)CC1. The monoisotopic (exact) mass is 406 g/mol. The Morgan fingerprint density at radius 1 is 1.00 bits per heavy atom. The van der Waals surface area contributed by atoms with E-state index in [4.69, 9.17) is 4.74 Å². The summed E-state index contributed by atoms with van der Waals surface area (Å²) in [4.78, 5) is 27.3. The number of morpholine rings is 1. The molecule has 30 heavy (non-hydrogen) atoms. The van der Waals surface area contributed by atoms with Gasteiger partial charge in [0.2, 0.25) is 5.91 Å². The molecule has 0 aromatic heterocycles. The van der Waals surface area contributed by atoms with Crippen LogP contribution in [0.15, 0.2) is 59.7 Å². The molecule has 7 nitrogen and oxygen atoms in total. The van der Waals surface area contributed by atoms with Crippen molar-refractivity contribution in [2.24, 2.45) is 5.10 Å². The Hall–Kier alpha value is -3.03. The van der Waals surface area contributed by atoms with Crippen molar-refractivity contribution in [2.75, 3.05) is 43.2 Å². The molecule has 0 atom stereocenters. The zero-order valence-electron chi connectivity index (χ0n) is 16.9. The highest BCUT2D eigenvalue weighted by Crippen LogP contribution is 2.20. The van der Waals surface area contributed by atoms with Crippen molar-refractivity contribution in [3.8, 4) is 0 Å². The van der Waals surface area contributed by atoms with Crippen molar-refractivity contribution in [1.29, 1.82) is 0 Å². The summed E-state index contributed by atoms with van der Waals surface area (Å²) in [5, 5.41) is 8.51. The maximum atomic E-state index is 12.7. The summed E-state index contributed by atoms with van der Waals surface area (Å²) in [5.74, 6) is -0.383. The molecule has 1 fully saturated rings. The van der Waals surface area contributed by atoms with Gasteiger partial charge in [-0.2, -0.15) is 5.10 Å². The van der Waals surface area contributed by atoms with Crippen LogP contribution in [0.2, 0.25) is 0 Å². The van der Waals surface area contributed by atoms with E-state index in [-0.39, 0.29) is 18.2 Å². The van der Waals surface area contributed by atoms with Crippen LogP contribution in [0.4, 0.5) is 11.4 Å². The van der Waals surface area contributed by atoms with E-state index in [2.05, 4.69) is 15.3 Å². The molecule has 156 valence electrons. The van der Waals surface area contributed by atoms with Crippen LogP contribution in [0.25, 0.3) is 0 Å². The van der Waals surface area contributed by atoms with Crippen LogP contribution in [-0.2, 0) is 20.7 Å². The number of anilines is 2. The first-order valence-electron chi connectivity index (χ1n) is 10.3. The number of nitrogens with one attached hydrogen (secondary N) is 1. The molecule has 7 heteroatoms. The fourth-order valence-corrected chi connectivity index (χ4v) is 3.56. The molecule has 1 N–H and O–H groups in total. The van der Waals surface area contributed by atoms with Gasteiger partial charge in [-0.05, 0) is 36.2 Å². The van der Waals surface area contributed by atoms with E-state index in [1.165, 1.54) is 10.6 Å². The Labute approximate surface area is 176 Å². The van der Waals surface area contributed by atoms with Crippen LogP contribution >= 0.6 is 0 Å². The minimum atomic E-state index is -0.274. The van der Waals surface area contributed by atoms with Gasteiger partial charge >= 0.3 is 0 Å². The van der Waals surface area contributed by atoms with Gasteiger partial charge in [-0.15, -0.1) is 0 Å². The Balaban J connectivity index is 1.35. The van der Waals surface area contributed by atoms with Crippen LogP contribution in [0, 0.1) is 0 Å².